The van der Waals surface area contributed by atoms with Crippen LogP contribution < -0.4 is 21.7 Å². The molecule has 11 nitrogen and oxygen atoms in total. The summed E-state index contributed by atoms with van der Waals surface area (Å²) in [6.45, 7) is 4.00. The van der Waals surface area contributed by atoms with Crippen molar-refractivity contribution in [3.05, 3.63) is 35.9 Å². The minimum atomic E-state index is -4.58. The summed E-state index contributed by atoms with van der Waals surface area (Å²) in [7, 11) is -4.58. The average Bonchev–Trinajstić information content (AvgIpc) is 2.71. The summed E-state index contributed by atoms with van der Waals surface area (Å²) in [4.78, 5) is 44.2. The molecule has 0 aliphatic carbocycles. The van der Waals surface area contributed by atoms with Crippen LogP contribution in [0.3, 0.4) is 0 Å². The van der Waals surface area contributed by atoms with Crippen LogP contribution in [0.25, 0.3) is 0 Å². The van der Waals surface area contributed by atoms with Crippen LogP contribution in [0.15, 0.2) is 30.3 Å². The molecule has 0 aliphatic heterocycles. The van der Waals surface area contributed by atoms with Crippen molar-refractivity contribution in [2.45, 2.75) is 63.8 Å². The van der Waals surface area contributed by atoms with Crippen LogP contribution in [0.4, 0.5) is 0 Å². The standard InChI is InChI=1S/C21H36N5O6P/c1-14(2)13-17(19(27)26-16(20(28)29)9-6-12-24-21(22)23)25-18(33(30,31)32)11-10-15-7-4-3-5-8-15/h3-5,7-8,14,16-18,25H,6,9-13H2,1-2H3,(H,26,27)(H,28,29)(H4,22,23,24)(H2,30,31,32)/t16-,17-,18+/m0/s1. The van der Waals surface area contributed by atoms with Gasteiger partial charge in [-0.1, -0.05) is 44.2 Å². The number of aryl methyl sites for hydroxylation is 1. The maximum Gasteiger partial charge on any atom is 0.342 e. The van der Waals surface area contributed by atoms with Gasteiger partial charge in [-0.2, -0.15) is 0 Å². The second-order valence-corrected chi connectivity index (χ2v) is 10.2. The van der Waals surface area contributed by atoms with E-state index < -0.39 is 37.3 Å². The number of carboxylic acid groups (broad SMARTS) is 1. The third kappa shape index (κ3) is 11.8. The lowest BCUT2D eigenvalue weighted by molar-refractivity contribution is -0.142. The minimum Gasteiger partial charge on any atom is -0.480 e. The number of hydrogen-bond acceptors (Lipinski definition) is 5. The first-order valence-corrected chi connectivity index (χ1v) is 12.5. The Kier molecular flexibility index (Phi) is 12.1. The molecule has 1 aromatic carbocycles. The fourth-order valence-corrected chi connectivity index (χ4v) is 4.15. The summed E-state index contributed by atoms with van der Waals surface area (Å²) in [6, 6.07) is 7.07. The Morgan fingerprint density at radius 2 is 1.76 bits per heavy atom. The molecule has 0 aromatic heterocycles. The molecule has 0 saturated heterocycles. The monoisotopic (exact) mass is 485 g/mol. The molecule has 1 amide bonds. The Balaban J connectivity index is 2.87. The molecule has 33 heavy (non-hydrogen) atoms. The van der Waals surface area contributed by atoms with E-state index in [-0.39, 0.29) is 37.7 Å². The van der Waals surface area contributed by atoms with Gasteiger partial charge in [-0.05, 0) is 43.6 Å². The number of aliphatic carboxylic acids is 1. The highest BCUT2D eigenvalue weighted by Gasteiger charge is 2.34. The topological polar surface area (TPSA) is 198 Å². The Hall–Kier alpha value is -2.46. The molecule has 3 atom stereocenters. The van der Waals surface area contributed by atoms with Crippen molar-refractivity contribution in [1.82, 2.24) is 16.0 Å². The number of benzene rings is 1. The van der Waals surface area contributed by atoms with Gasteiger partial charge in [0.25, 0.3) is 0 Å². The number of rotatable bonds is 15. The fraction of sp³-hybridized carbons (Fsp3) is 0.571. The highest BCUT2D eigenvalue weighted by atomic mass is 31.2. The van der Waals surface area contributed by atoms with Gasteiger partial charge in [-0.3, -0.25) is 20.1 Å². The van der Waals surface area contributed by atoms with Crippen LogP contribution in [-0.4, -0.2) is 57.1 Å². The van der Waals surface area contributed by atoms with Crippen molar-refractivity contribution in [1.29, 1.82) is 5.41 Å². The molecule has 12 heteroatoms. The van der Waals surface area contributed by atoms with E-state index in [2.05, 4.69) is 16.0 Å². The third-order valence-electron chi connectivity index (χ3n) is 4.97. The number of carbonyl (C=O) groups excluding carboxylic acids is 1. The molecule has 0 radical (unpaired) electrons. The zero-order valence-electron chi connectivity index (χ0n) is 19.0. The van der Waals surface area contributed by atoms with Gasteiger partial charge in [0.05, 0.1) is 6.04 Å². The largest absolute Gasteiger partial charge is 0.480 e. The van der Waals surface area contributed by atoms with E-state index in [4.69, 9.17) is 11.1 Å². The van der Waals surface area contributed by atoms with Crippen molar-refractivity contribution < 1.29 is 29.0 Å². The summed E-state index contributed by atoms with van der Waals surface area (Å²) in [6.07, 6.45) is 1.23. The van der Waals surface area contributed by atoms with Gasteiger partial charge in [0.1, 0.15) is 11.8 Å². The lowest BCUT2D eigenvalue weighted by Crippen LogP contribution is -2.53. The minimum absolute atomic E-state index is 0.0165. The number of amides is 1. The SMILES string of the molecule is CC(C)C[C@H](N[C@@H](CCc1ccccc1)P(=O)(O)O)C(=O)N[C@@H](CCCNC(=N)N)C(=O)O. The maximum atomic E-state index is 12.9. The van der Waals surface area contributed by atoms with Gasteiger partial charge in [0.2, 0.25) is 5.91 Å². The lowest BCUT2D eigenvalue weighted by atomic mass is 10.0. The van der Waals surface area contributed by atoms with Gasteiger partial charge < -0.3 is 31.3 Å². The van der Waals surface area contributed by atoms with Crippen LogP contribution in [0, 0.1) is 11.3 Å². The first kappa shape index (κ1) is 28.6. The molecular weight excluding hydrogens is 449 g/mol. The zero-order chi connectivity index (χ0) is 25.0. The number of carbonyl (C=O) groups is 2. The van der Waals surface area contributed by atoms with Crippen molar-refractivity contribution in [3.63, 3.8) is 0 Å². The zero-order valence-corrected chi connectivity index (χ0v) is 19.9. The number of hydrogen-bond donors (Lipinski definition) is 8. The summed E-state index contributed by atoms with van der Waals surface area (Å²) in [5.41, 5.74) is 6.10. The second-order valence-electron chi connectivity index (χ2n) is 8.36. The van der Waals surface area contributed by atoms with Crippen molar-refractivity contribution in [2.24, 2.45) is 11.7 Å². The molecule has 0 aliphatic rings. The maximum absolute atomic E-state index is 12.9. The highest BCUT2D eigenvalue weighted by molar-refractivity contribution is 7.52. The molecule has 0 saturated carbocycles. The summed E-state index contributed by atoms with van der Waals surface area (Å²) < 4.78 is 12.1. The first-order valence-electron chi connectivity index (χ1n) is 10.9. The molecule has 0 fully saturated rings. The first-order chi connectivity index (χ1) is 15.4. The Bertz CT molecular complexity index is 817. The van der Waals surface area contributed by atoms with Crippen molar-refractivity contribution in [3.8, 4) is 0 Å². The normalized spacial score (nSPS) is 14.3. The fourth-order valence-electron chi connectivity index (χ4n) is 3.31. The van der Waals surface area contributed by atoms with E-state index in [0.29, 0.717) is 12.8 Å². The molecular formula is C21H36N5O6P. The van der Waals surface area contributed by atoms with Gasteiger partial charge in [-0.15, -0.1) is 0 Å². The molecule has 9 N–H and O–H groups in total. The lowest BCUT2D eigenvalue weighted by Gasteiger charge is -2.28. The molecule has 186 valence electrons. The van der Waals surface area contributed by atoms with Gasteiger partial charge in [-0.25, -0.2) is 4.79 Å². The van der Waals surface area contributed by atoms with Crippen LogP contribution in [0.5, 0.6) is 0 Å². The average molecular weight is 486 g/mol. The second kappa shape index (κ2) is 13.9. The third-order valence-corrected chi connectivity index (χ3v) is 6.19. The van der Waals surface area contributed by atoms with Crippen molar-refractivity contribution in [2.75, 3.05) is 6.54 Å². The van der Waals surface area contributed by atoms with E-state index in [1.165, 1.54) is 0 Å². The van der Waals surface area contributed by atoms with Gasteiger partial charge in [0.15, 0.2) is 5.96 Å². The van der Waals surface area contributed by atoms with E-state index in [0.717, 1.165) is 5.56 Å². The summed E-state index contributed by atoms with van der Waals surface area (Å²) in [5.74, 6) is -3.32. The highest BCUT2D eigenvalue weighted by Crippen LogP contribution is 2.42. The molecule has 0 bridgehead atoms. The Labute approximate surface area is 194 Å². The van der Waals surface area contributed by atoms with E-state index in [1.54, 1.807) is 0 Å². The van der Waals surface area contributed by atoms with Gasteiger partial charge >= 0.3 is 13.6 Å². The number of nitrogens with two attached hydrogens (primary N) is 1. The van der Waals surface area contributed by atoms with E-state index in [1.807, 2.05) is 44.2 Å². The van der Waals surface area contributed by atoms with Crippen LogP contribution >= 0.6 is 7.60 Å². The number of nitrogens with one attached hydrogen (secondary N) is 4. The number of carboxylic acids is 1. The Morgan fingerprint density at radius 3 is 2.27 bits per heavy atom. The molecule has 0 heterocycles. The van der Waals surface area contributed by atoms with E-state index >= 15 is 0 Å². The van der Waals surface area contributed by atoms with Crippen LogP contribution in [0.2, 0.25) is 0 Å². The molecule has 0 unspecified atom stereocenters. The quantitative estimate of drug-likeness (QED) is 0.0771. The molecule has 1 rings (SSSR count). The summed E-state index contributed by atoms with van der Waals surface area (Å²) in [5, 5.41) is 24.4. The van der Waals surface area contributed by atoms with Crippen LogP contribution in [0.1, 0.15) is 45.1 Å². The van der Waals surface area contributed by atoms with Crippen molar-refractivity contribution >= 4 is 25.4 Å². The Morgan fingerprint density at radius 1 is 1.12 bits per heavy atom. The predicted octanol–water partition coefficient (Wildman–Crippen LogP) is 0.960. The molecule has 1 aromatic rings. The van der Waals surface area contributed by atoms with Gasteiger partial charge in [0, 0.05) is 6.54 Å². The smallest absolute Gasteiger partial charge is 0.342 e. The van der Waals surface area contributed by atoms with E-state index in [9.17, 15) is 29.0 Å². The predicted molar refractivity (Wildman–Crippen MR) is 126 cm³/mol. The number of guanidine groups is 1. The molecule has 0 spiro atoms. The summed E-state index contributed by atoms with van der Waals surface area (Å²) >= 11 is 0. The van der Waals surface area contributed by atoms with Crippen LogP contribution in [-0.2, 0) is 20.6 Å².